The van der Waals surface area contributed by atoms with Crippen LogP contribution >= 0.6 is 0 Å². The number of hydrogen-bond donors (Lipinski definition) is 1. The van der Waals surface area contributed by atoms with Crippen molar-refractivity contribution in [3.63, 3.8) is 0 Å². The van der Waals surface area contributed by atoms with Crippen molar-refractivity contribution in [2.24, 2.45) is 39.9 Å². The minimum atomic E-state index is -0.786. The van der Waals surface area contributed by atoms with Gasteiger partial charge in [0.2, 0.25) is 0 Å². The highest BCUT2D eigenvalue weighted by Crippen LogP contribution is 2.77. The highest BCUT2D eigenvalue weighted by atomic mass is 16.6. The summed E-state index contributed by atoms with van der Waals surface area (Å²) in [5, 5.41) is 11.1. The van der Waals surface area contributed by atoms with Crippen molar-refractivity contribution in [3.8, 4) is 0 Å². The first kappa shape index (κ1) is 22.9. The van der Waals surface area contributed by atoms with Crippen LogP contribution in [0.3, 0.4) is 0 Å². The zero-order valence-corrected chi connectivity index (χ0v) is 21.8. The lowest BCUT2D eigenvalue weighted by atomic mass is 9.34. The summed E-state index contributed by atoms with van der Waals surface area (Å²) in [6, 6.07) is 0. The Labute approximate surface area is 208 Å². The first-order valence-electron chi connectivity index (χ1n) is 13.9. The Morgan fingerprint density at radius 3 is 2.66 bits per heavy atom. The topological polar surface area (TPSA) is 76.1 Å². The molecular weight excluding hydrogens is 442 g/mol. The Hall–Kier alpha value is -1.24. The molecule has 3 saturated carbocycles. The molecule has 35 heavy (non-hydrogen) atoms. The van der Waals surface area contributed by atoms with E-state index >= 15 is 0 Å². The first-order chi connectivity index (χ1) is 16.4. The fraction of sp³-hybridized carbons (Fsp3) is 0.862. The van der Waals surface area contributed by atoms with Crippen LogP contribution in [0.25, 0.3) is 0 Å². The fourth-order valence-corrected chi connectivity index (χ4v) is 11.2. The molecule has 6 heteroatoms. The molecular formula is C29H41NO5. The summed E-state index contributed by atoms with van der Waals surface area (Å²) in [6.07, 6.45) is 6.29. The molecule has 0 aromatic heterocycles. The zero-order valence-electron chi connectivity index (χ0n) is 21.8. The fourth-order valence-electron chi connectivity index (χ4n) is 11.2. The van der Waals surface area contributed by atoms with Gasteiger partial charge in [0.05, 0.1) is 18.6 Å². The van der Waals surface area contributed by atoms with Gasteiger partial charge in [-0.1, -0.05) is 39.8 Å². The largest absolute Gasteiger partial charge is 0.443 e. The maximum Gasteiger partial charge on any atom is 0.308 e. The van der Waals surface area contributed by atoms with Gasteiger partial charge >= 0.3 is 5.97 Å². The second-order valence-electron chi connectivity index (χ2n) is 14.3. The summed E-state index contributed by atoms with van der Waals surface area (Å²) < 4.78 is 13.4. The molecule has 4 heterocycles. The number of Topliss-reactive ketones (excluding diaryl/α,β-unsaturated/α-hetero) is 1. The van der Waals surface area contributed by atoms with E-state index in [4.69, 9.17) is 9.47 Å². The standard InChI is InChI=1S/C29H41NO5/c1-16-9-20-19(21(31)10-16)11-22(32)24-25(20,3)15-29-27(5,26(24,4)13-23(33)35-29)6-7-28-12-17(2)8-18(34-28)14-30(28)29/h17-21,24,31H,1,6-15H2,2-5H3/t17-,18-,19-,20+,21-,24?,25-,26+,27-,28-,29+/m0/s1. The van der Waals surface area contributed by atoms with Crippen molar-refractivity contribution in [1.29, 1.82) is 0 Å². The van der Waals surface area contributed by atoms with Crippen LogP contribution in [0, 0.1) is 39.9 Å². The lowest BCUT2D eigenvalue weighted by molar-refractivity contribution is -0.380. The normalized spacial score (nSPS) is 59.2. The monoisotopic (exact) mass is 483 g/mol. The average molecular weight is 484 g/mol. The number of carbonyl (C=O) groups excluding carboxylic acids is 2. The Balaban J connectivity index is 1.43. The summed E-state index contributed by atoms with van der Waals surface area (Å²) in [6.45, 7) is 14.2. The molecule has 1 unspecified atom stereocenters. The second-order valence-corrected chi connectivity index (χ2v) is 14.3. The number of aliphatic hydroxyl groups is 1. The molecule has 1 spiro atoms. The highest BCUT2D eigenvalue weighted by Gasteiger charge is 2.82. The molecule has 4 aliphatic heterocycles. The predicted molar refractivity (Wildman–Crippen MR) is 129 cm³/mol. The van der Waals surface area contributed by atoms with E-state index in [0.717, 1.165) is 44.2 Å². The number of esters is 1. The number of rotatable bonds is 0. The molecule has 6 nitrogen and oxygen atoms in total. The van der Waals surface area contributed by atoms with E-state index in [1.54, 1.807) is 0 Å². The predicted octanol–water partition coefficient (Wildman–Crippen LogP) is 4.21. The Bertz CT molecular complexity index is 1040. The van der Waals surface area contributed by atoms with Gasteiger partial charge in [0.1, 0.15) is 11.5 Å². The van der Waals surface area contributed by atoms with E-state index in [0.29, 0.717) is 31.6 Å². The molecule has 1 N–H and O–H groups in total. The Kier molecular flexibility index (Phi) is 4.32. The number of hydrogen-bond acceptors (Lipinski definition) is 6. The smallest absolute Gasteiger partial charge is 0.308 e. The number of piperidine rings is 1. The maximum absolute atomic E-state index is 14.1. The maximum atomic E-state index is 14.1. The Morgan fingerprint density at radius 2 is 1.89 bits per heavy atom. The van der Waals surface area contributed by atoms with Crippen molar-refractivity contribution in [2.75, 3.05) is 6.54 Å². The van der Waals surface area contributed by atoms with E-state index in [1.165, 1.54) is 0 Å². The number of ketones is 1. The van der Waals surface area contributed by atoms with E-state index in [-0.39, 0.29) is 52.2 Å². The molecule has 11 atom stereocenters. The third kappa shape index (κ3) is 2.48. The third-order valence-electron chi connectivity index (χ3n) is 12.5. The van der Waals surface area contributed by atoms with Gasteiger partial charge in [-0.2, -0.15) is 0 Å². The van der Waals surface area contributed by atoms with Gasteiger partial charge in [0.25, 0.3) is 0 Å². The molecule has 4 saturated heterocycles. The van der Waals surface area contributed by atoms with Crippen LogP contribution < -0.4 is 0 Å². The molecule has 7 aliphatic rings. The molecule has 0 aromatic carbocycles. The molecule has 0 aromatic rings. The van der Waals surface area contributed by atoms with E-state index < -0.39 is 17.2 Å². The SMILES string of the molecule is C=C1C[C@@H]2[C@H](CC(=O)C3[C@@]2(C)C[C@@]24OC(=O)C[C@@]3(C)[C@]2(C)CC[C@]23C[C@@H](C)C[C@@H](CN24)O3)[C@@H](O)C1. The van der Waals surface area contributed by atoms with Crippen molar-refractivity contribution in [2.45, 2.75) is 109 Å². The summed E-state index contributed by atoms with van der Waals surface area (Å²) in [7, 11) is 0. The molecule has 3 aliphatic carbocycles. The lowest BCUT2D eigenvalue weighted by Crippen LogP contribution is -2.82. The van der Waals surface area contributed by atoms with Crippen molar-refractivity contribution < 1.29 is 24.2 Å². The second kappa shape index (κ2) is 6.60. The van der Waals surface area contributed by atoms with Crippen LogP contribution in [0.5, 0.6) is 0 Å². The third-order valence-corrected chi connectivity index (χ3v) is 12.5. The van der Waals surface area contributed by atoms with Crippen molar-refractivity contribution in [3.05, 3.63) is 12.2 Å². The molecule has 7 rings (SSSR count). The quantitative estimate of drug-likeness (QED) is 0.411. The van der Waals surface area contributed by atoms with E-state index in [9.17, 15) is 14.7 Å². The number of carbonyl (C=O) groups is 2. The number of ether oxygens (including phenoxy) is 2. The number of nitrogens with zero attached hydrogens (tertiary/aromatic N) is 1. The first-order valence-corrected chi connectivity index (χ1v) is 13.9. The van der Waals surface area contributed by atoms with Crippen LogP contribution in [-0.2, 0) is 19.1 Å². The summed E-state index contributed by atoms with van der Waals surface area (Å²) in [5.74, 6) is 0.574. The van der Waals surface area contributed by atoms with Crippen molar-refractivity contribution in [1.82, 2.24) is 4.90 Å². The molecule has 7 fully saturated rings. The molecule has 4 bridgehead atoms. The van der Waals surface area contributed by atoms with Gasteiger partial charge in [-0.25, -0.2) is 4.90 Å². The minimum absolute atomic E-state index is 0.0401. The number of aliphatic hydroxyl groups excluding tert-OH is 1. The van der Waals surface area contributed by atoms with Crippen LogP contribution in [0.1, 0.15) is 85.5 Å². The summed E-state index contributed by atoms with van der Waals surface area (Å²) >= 11 is 0. The van der Waals surface area contributed by atoms with E-state index in [1.807, 2.05) is 0 Å². The van der Waals surface area contributed by atoms with Crippen LogP contribution in [0.2, 0.25) is 0 Å². The van der Waals surface area contributed by atoms with E-state index in [2.05, 4.69) is 39.2 Å². The van der Waals surface area contributed by atoms with Crippen LogP contribution in [0.4, 0.5) is 0 Å². The van der Waals surface area contributed by atoms with Gasteiger partial charge in [-0.15, -0.1) is 0 Å². The summed E-state index contributed by atoms with van der Waals surface area (Å²) in [5.41, 5.74) is -1.28. The molecule has 192 valence electrons. The zero-order chi connectivity index (χ0) is 24.8. The van der Waals surface area contributed by atoms with Crippen LogP contribution in [-0.4, -0.2) is 52.0 Å². The van der Waals surface area contributed by atoms with Gasteiger partial charge < -0.3 is 14.6 Å². The average Bonchev–Trinajstić information content (AvgIpc) is 3.01. The van der Waals surface area contributed by atoms with Crippen LogP contribution in [0.15, 0.2) is 12.2 Å². The summed E-state index contributed by atoms with van der Waals surface area (Å²) in [4.78, 5) is 30.0. The molecule has 0 radical (unpaired) electrons. The van der Waals surface area contributed by atoms with Gasteiger partial charge in [0.15, 0.2) is 5.72 Å². The lowest BCUT2D eigenvalue weighted by Gasteiger charge is -2.76. The van der Waals surface area contributed by atoms with Gasteiger partial charge in [-0.05, 0) is 67.1 Å². The van der Waals surface area contributed by atoms with Crippen molar-refractivity contribution >= 4 is 11.8 Å². The molecule has 0 amide bonds. The van der Waals surface area contributed by atoms with Gasteiger partial charge in [0, 0.05) is 30.7 Å². The number of fused-ring (bicyclic) bond motifs is 5. The Morgan fingerprint density at radius 1 is 1.11 bits per heavy atom. The highest BCUT2D eigenvalue weighted by molar-refractivity contribution is 5.86. The van der Waals surface area contributed by atoms with Gasteiger partial charge in [-0.3, -0.25) is 9.59 Å². The minimum Gasteiger partial charge on any atom is -0.443 e.